The number of anilines is 1. The molecule has 0 spiro atoms. The molecule has 0 N–H and O–H groups in total. The molecule has 0 bridgehead atoms. The molecule has 1 fully saturated rings. The first-order chi connectivity index (χ1) is 11.3. The average molecular weight is 330 g/mol. The van der Waals surface area contributed by atoms with Crippen LogP contribution in [0, 0.1) is 12.8 Å². The van der Waals surface area contributed by atoms with Crippen LogP contribution in [0.2, 0.25) is 0 Å². The minimum atomic E-state index is -0.0788. The molecule has 0 saturated carbocycles. The second kappa shape index (κ2) is 7.82. The molecule has 1 aliphatic heterocycles. The van der Waals surface area contributed by atoms with Crippen LogP contribution in [0.1, 0.15) is 57.6 Å². The molecule has 0 unspecified atom stereocenters. The first kappa shape index (κ1) is 18.5. The maximum atomic E-state index is 12.7. The summed E-state index contributed by atoms with van der Waals surface area (Å²) in [6, 6.07) is 6.07. The van der Waals surface area contributed by atoms with Gasteiger partial charge in [-0.3, -0.25) is 9.59 Å². The molecule has 24 heavy (non-hydrogen) atoms. The zero-order chi connectivity index (χ0) is 17.9. The second-order valence-corrected chi connectivity index (χ2v) is 7.34. The Morgan fingerprint density at radius 1 is 1.25 bits per heavy atom. The highest BCUT2D eigenvalue weighted by Crippen LogP contribution is 2.31. The molecular weight excluding hydrogens is 300 g/mol. The van der Waals surface area contributed by atoms with Crippen LogP contribution in [-0.2, 0) is 9.59 Å². The topological polar surface area (TPSA) is 40.6 Å². The van der Waals surface area contributed by atoms with Crippen LogP contribution in [0.15, 0.2) is 18.2 Å². The molecule has 0 radical (unpaired) electrons. The molecule has 1 saturated heterocycles. The van der Waals surface area contributed by atoms with Crippen LogP contribution in [-0.4, -0.2) is 36.3 Å². The lowest BCUT2D eigenvalue weighted by Crippen LogP contribution is -2.45. The van der Waals surface area contributed by atoms with Crippen LogP contribution in [0.4, 0.5) is 5.69 Å². The number of piperidine rings is 1. The predicted molar refractivity (Wildman–Crippen MR) is 98.3 cm³/mol. The highest BCUT2D eigenvalue weighted by atomic mass is 16.2. The number of nitrogens with zero attached hydrogens (tertiary/aromatic N) is 2. The van der Waals surface area contributed by atoms with Crippen LogP contribution < -0.4 is 4.90 Å². The summed E-state index contributed by atoms with van der Waals surface area (Å²) in [4.78, 5) is 28.6. The SMILES string of the molecule is CC(=O)N(CC(=O)N1CCC(C)CC1)c1c(C)cccc1C(C)C. The molecule has 1 aromatic carbocycles. The Kier molecular flexibility index (Phi) is 6.03. The number of carbonyl (C=O) groups is 2. The van der Waals surface area contributed by atoms with Crippen molar-refractivity contribution in [3.8, 4) is 0 Å². The summed E-state index contributed by atoms with van der Waals surface area (Å²) in [5.74, 6) is 0.953. The molecular formula is C20H30N2O2. The lowest BCUT2D eigenvalue weighted by molar-refractivity contribution is -0.132. The van der Waals surface area contributed by atoms with Gasteiger partial charge in [-0.15, -0.1) is 0 Å². The summed E-state index contributed by atoms with van der Waals surface area (Å²) < 4.78 is 0. The third-order valence-corrected chi connectivity index (χ3v) is 4.97. The number of hydrogen-bond acceptors (Lipinski definition) is 2. The number of hydrogen-bond donors (Lipinski definition) is 0. The van der Waals surface area contributed by atoms with Gasteiger partial charge < -0.3 is 9.80 Å². The van der Waals surface area contributed by atoms with Crippen molar-refractivity contribution in [1.29, 1.82) is 0 Å². The number of aryl methyl sites for hydroxylation is 1. The monoisotopic (exact) mass is 330 g/mol. The molecule has 0 atom stereocenters. The summed E-state index contributed by atoms with van der Waals surface area (Å²) in [5.41, 5.74) is 3.06. The third-order valence-electron chi connectivity index (χ3n) is 4.97. The van der Waals surface area contributed by atoms with Crippen LogP contribution in [0.5, 0.6) is 0 Å². The van der Waals surface area contributed by atoms with Gasteiger partial charge in [0.05, 0.1) is 5.69 Å². The highest BCUT2D eigenvalue weighted by molar-refractivity contribution is 5.98. The van der Waals surface area contributed by atoms with E-state index in [1.54, 1.807) is 11.8 Å². The van der Waals surface area contributed by atoms with Crippen LogP contribution in [0.25, 0.3) is 0 Å². The second-order valence-electron chi connectivity index (χ2n) is 7.34. The van der Waals surface area contributed by atoms with Crippen LogP contribution >= 0.6 is 0 Å². The Morgan fingerprint density at radius 2 is 1.88 bits per heavy atom. The fraction of sp³-hybridized carbons (Fsp3) is 0.600. The molecule has 1 aliphatic rings. The number of likely N-dealkylation sites (tertiary alicyclic amines) is 1. The Morgan fingerprint density at radius 3 is 2.42 bits per heavy atom. The molecule has 2 amide bonds. The van der Waals surface area contributed by atoms with Crippen molar-refractivity contribution in [1.82, 2.24) is 4.90 Å². The standard InChI is InChI=1S/C20H30N2O2/c1-14(2)18-8-6-7-16(4)20(18)22(17(5)23)13-19(24)21-11-9-15(3)10-12-21/h6-8,14-15H,9-13H2,1-5H3. The predicted octanol–water partition coefficient (Wildman–Crippen LogP) is 3.73. The maximum Gasteiger partial charge on any atom is 0.242 e. The van der Waals surface area contributed by atoms with E-state index in [9.17, 15) is 9.59 Å². The minimum Gasteiger partial charge on any atom is -0.341 e. The number of rotatable bonds is 4. The molecule has 4 nitrogen and oxygen atoms in total. The molecule has 1 aromatic rings. The summed E-state index contributed by atoms with van der Waals surface area (Å²) >= 11 is 0. The summed E-state index contributed by atoms with van der Waals surface area (Å²) in [5, 5.41) is 0. The van der Waals surface area contributed by atoms with E-state index >= 15 is 0 Å². The first-order valence-corrected chi connectivity index (χ1v) is 8.96. The normalized spacial score (nSPS) is 15.7. The number of para-hydroxylation sites is 1. The molecule has 0 aliphatic carbocycles. The Bertz CT molecular complexity index is 602. The average Bonchev–Trinajstić information content (AvgIpc) is 2.53. The van der Waals surface area contributed by atoms with E-state index in [0.717, 1.165) is 42.7 Å². The van der Waals surface area contributed by atoms with Crippen molar-refractivity contribution in [2.45, 2.75) is 53.4 Å². The van der Waals surface area contributed by atoms with Crippen molar-refractivity contribution in [2.75, 3.05) is 24.5 Å². The van der Waals surface area contributed by atoms with E-state index in [4.69, 9.17) is 0 Å². The quantitative estimate of drug-likeness (QED) is 0.844. The van der Waals surface area contributed by atoms with E-state index in [1.807, 2.05) is 24.0 Å². The fourth-order valence-corrected chi connectivity index (χ4v) is 3.36. The van der Waals surface area contributed by atoms with Gasteiger partial charge in [-0.25, -0.2) is 0 Å². The number of carbonyl (C=O) groups excluding carboxylic acids is 2. The Hall–Kier alpha value is -1.84. The molecule has 0 aromatic heterocycles. The van der Waals surface area contributed by atoms with Gasteiger partial charge in [0.15, 0.2) is 0 Å². The smallest absolute Gasteiger partial charge is 0.242 e. The van der Waals surface area contributed by atoms with E-state index in [-0.39, 0.29) is 18.4 Å². The highest BCUT2D eigenvalue weighted by Gasteiger charge is 2.26. The van der Waals surface area contributed by atoms with Gasteiger partial charge in [-0.1, -0.05) is 39.0 Å². The van der Waals surface area contributed by atoms with Gasteiger partial charge in [0, 0.05) is 20.0 Å². The molecule has 1 heterocycles. The van der Waals surface area contributed by atoms with Gasteiger partial charge in [0.2, 0.25) is 11.8 Å². The van der Waals surface area contributed by atoms with Crippen molar-refractivity contribution in [3.05, 3.63) is 29.3 Å². The maximum absolute atomic E-state index is 12.7. The van der Waals surface area contributed by atoms with Gasteiger partial charge in [-0.05, 0) is 42.7 Å². The van der Waals surface area contributed by atoms with E-state index in [2.05, 4.69) is 26.8 Å². The van der Waals surface area contributed by atoms with E-state index < -0.39 is 0 Å². The van der Waals surface area contributed by atoms with Crippen molar-refractivity contribution in [2.24, 2.45) is 5.92 Å². The van der Waals surface area contributed by atoms with E-state index in [0.29, 0.717) is 11.8 Å². The molecule has 132 valence electrons. The van der Waals surface area contributed by atoms with Gasteiger partial charge in [0.25, 0.3) is 0 Å². The minimum absolute atomic E-state index is 0.0510. The molecule has 4 heteroatoms. The first-order valence-electron chi connectivity index (χ1n) is 8.96. The molecule has 2 rings (SSSR count). The van der Waals surface area contributed by atoms with Gasteiger partial charge >= 0.3 is 0 Å². The third kappa shape index (κ3) is 4.16. The van der Waals surface area contributed by atoms with Crippen molar-refractivity contribution in [3.63, 3.8) is 0 Å². The summed E-state index contributed by atoms with van der Waals surface area (Å²) in [7, 11) is 0. The number of amides is 2. The lowest BCUT2D eigenvalue weighted by Gasteiger charge is -2.33. The Balaban J connectivity index is 2.25. The van der Waals surface area contributed by atoms with E-state index in [1.165, 1.54) is 0 Å². The summed E-state index contributed by atoms with van der Waals surface area (Å²) in [6.45, 7) is 11.7. The zero-order valence-corrected chi connectivity index (χ0v) is 15.6. The zero-order valence-electron chi connectivity index (χ0n) is 15.6. The van der Waals surface area contributed by atoms with Crippen LogP contribution in [0.3, 0.4) is 0 Å². The lowest BCUT2D eigenvalue weighted by atomic mass is 9.97. The van der Waals surface area contributed by atoms with Gasteiger partial charge in [0.1, 0.15) is 6.54 Å². The van der Waals surface area contributed by atoms with Crippen molar-refractivity contribution >= 4 is 17.5 Å². The fourth-order valence-electron chi connectivity index (χ4n) is 3.36. The Labute approximate surface area is 145 Å². The largest absolute Gasteiger partial charge is 0.341 e. The number of benzene rings is 1. The summed E-state index contributed by atoms with van der Waals surface area (Å²) in [6.07, 6.45) is 2.10. The van der Waals surface area contributed by atoms with Crippen molar-refractivity contribution < 1.29 is 9.59 Å². The van der Waals surface area contributed by atoms with Gasteiger partial charge in [-0.2, -0.15) is 0 Å².